The maximum absolute atomic E-state index is 10.9. The molecule has 0 aromatic carbocycles. The molecule has 92 valence electrons. The summed E-state index contributed by atoms with van der Waals surface area (Å²) in [4.78, 5) is 10.9. The zero-order valence-corrected chi connectivity index (χ0v) is 11.1. The number of allylic oxidation sites excluding steroid dienone is 4. The van der Waals surface area contributed by atoms with Gasteiger partial charge >= 0.3 is 0 Å². The largest absolute Gasteiger partial charge is 0.298 e. The SMILES string of the molecule is CCC/C=C/CC/C(C=O)=C(\C)CCCC. The quantitative estimate of drug-likeness (QED) is 0.310. The fourth-order valence-corrected chi connectivity index (χ4v) is 1.62. The number of hydrogen-bond donors (Lipinski definition) is 0. The van der Waals surface area contributed by atoms with Crippen molar-refractivity contribution in [3.8, 4) is 0 Å². The summed E-state index contributed by atoms with van der Waals surface area (Å²) in [7, 11) is 0. The van der Waals surface area contributed by atoms with Gasteiger partial charge < -0.3 is 0 Å². The molecular weight excluding hydrogens is 196 g/mol. The second-order valence-electron chi connectivity index (χ2n) is 4.33. The van der Waals surface area contributed by atoms with Gasteiger partial charge in [-0.1, -0.05) is 44.4 Å². The molecular formula is C15H26O. The van der Waals surface area contributed by atoms with Crippen LogP contribution in [-0.4, -0.2) is 6.29 Å². The molecule has 0 atom stereocenters. The first-order chi connectivity index (χ1) is 7.76. The van der Waals surface area contributed by atoms with E-state index in [-0.39, 0.29) is 0 Å². The molecule has 1 nitrogen and oxygen atoms in total. The molecule has 0 N–H and O–H groups in total. The minimum absolute atomic E-state index is 0.902. The zero-order valence-electron chi connectivity index (χ0n) is 11.1. The van der Waals surface area contributed by atoms with E-state index in [1.165, 1.54) is 24.8 Å². The molecule has 0 saturated heterocycles. The summed E-state index contributed by atoms with van der Waals surface area (Å²) >= 11 is 0. The first-order valence-electron chi connectivity index (χ1n) is 6.55. The molecule has 0 aromatic heterocycles. The number of carbonyl (C=O) groups excluding carboxylic acids is 1. The molecule has 0 radical (unpaired) electrons. The zero-order chi connectivity index (χ0) is 12.2. The highest BCUT2D eigenvalue weighted by Gasteiger charge is 2.00. The highest BCUT2D eigenvalue weighted by molar-refractivity contribution is 5.74. The minimum atomic E-state index is 0.902. The van der Waals surface area contributed by atoms with Gasteiger partial charge in [-0.25, -0.2) is 0 Å². The standard InChI is InChI=1S/C15H26O/c1-4-6-8-9-10-12-15(13-16)14(3)11-7-5-2/h8-9,13H,4-7,10-12H2,1-3H3/b9-8+,15-14-. The molecule has 0 amide bonds. The third kappa shape index (κ3) is 7.44. The summed E-state index contributed by atoms with van der Waals surface area (Å²) in [6.07, 6.45) is 13.1. The lowest BCUT2D eigenvalue weighted by atomic mass is 10.0. The van der Waals surface area contributed by atoms with E-state index in [1.807, 2.05) is 0 Å². The topological polar surface area (TPSA) is 17.1 Å². The summed E-state index contributed by atoms with van der Waals surface area (Å²) < 4.78 is 0. The van der Waals surface area contributed by atoms with Crippen molar-refractivity contribution in [3.63, 3.8) is 0 Å². The van der Waals surface area contributed by atoms with E-state index in [0.717, 1.165) is 37.5 Å². The van der Waals surface area contributed by atoms with Crippen LogP contribution in [0.2, 0.25) is 0 Å². The van der Waals surface area contributed by atoms with Gasteiger partial charge in [0.1, 0.15) is 6.29 Å². The second kappa shape index (κ2) is 10.7. The van der Waals surface area contributed by atoms with Crippen LogP contribution in [0.3, 0.4) is 0 Å². The van der Waals surface area contributed by atoms with E-state index in [4.69, 9.17) is 0 Å². The molecule has 0 aliphatic heterocycles. The van der Waals surface area contributed by atoms with Crippen LogP contribution in [0.15, 0.2) is 23.3 Å². The van der Waals surface area contributed by atoms with Gasteiger partial charge in [0.2, 0.25) is 0 Å². The van der Waals surface area contributed by atoms with Crippen LogP contribution in [0.4, 0.5) is 0 Å². The highest BCUT2D eigenvalue weighted by atomic mass is 16.1. The number of carbonyl (C=O) groups is 1. The van der Waals surface area contributed by atoms with Gasteiger partial charge in [0.25, 0.3) is 0 Å². The molecule has 0 saturated carbocycles. The van der Waals surface area contributed by atoms with Gasteiger partial charge in [-0.15, -0.1) is 0 Å². The monoisotopic (exact) mass is 222 g/mol. The molecule has 0 aliphatic rings. The van der Waals surface area contributed by atoms with Gasteiger partial charge in [0.15, 0.2) is 0 Å². The van der Waals surface area contributed by atoms with Gasteiger partial charge in [-0.3, -0.25) is 4.79 Å². The van der Waals surface area contributed by atoms with Gasteiger partial charge in [-0.05, 0) is 44.6 Å². The van der Waals surface area contributed by atoms with Crippen molar-refractivity contribution in [2.45, 2.75) is 65.7 Å². The lowest BCUT2D eigenvalue weighted by Crippen LogP contribution is -1.91. The molecule has 0 heterocycles. The summed E-state index contributed by atoms with van der Waals surface area (Å²) in [5.41, 5.74) is 2.29. The Morgan fingerprint density at radius 1 is 1.00 bits per heavy atom. The van der Waals surface area contributed by atoms with Crippen molar-refractivity contribution in [1.29, 1.82) is 0 Å². The molecule has 0 unspecified atom stereocenters. The van der Waals surface area contributed by atoms with Crippen LogP contribution in [0.25, 0.3) is 0 Å². The normalized spacial score (nSPS) is 12.9. The molecule has 1 heteroatoms. The van der Waals surface area contributed by atoms with Crippen molar-refractivity contribution in [1.82, 2.24) is 0 Å². The lowest BCUT2D eigenvalue weighted by Gasteiger charge is -2.04. The fraction of sp³-hybridized carbons (Fsp3) is 0.667. The van der Waals surface area contributed by atoms with Crippen molar-refractivity contribution >= 4 is 6.29 Å². The molecule has 0 aromatic rings. The molecule has 0 fully saturated rings. The number of unbranched alkanes of at least 4 members (excludes halogenated alkanes) is 2. The Balaban J connectivity index is 4.02. The summed E-state index contributed by atoms with van der Waals surface area (Å²) in [6, 6.07) is 0. The fourth-order valence-electron chi connectivity index (χ4n) is 1.62. The average Bonchev–Trinajstić information content (AvgIpc) is 2.31. The Labute approximate surface area is 101 Å². The van der Waals surface area contributed by atoms with Crippen molar-refractivity contribution in [2.75, 3.05) is 0 Å². The van der Waals surface area contributed by atoms with E-state index >= 15 is 0 Å². The highest BCUT2D eigenvalue weighted by Crippen LogP contribution is 2.15. The molecule has 0 spiro atoms. The average molecular weight is 222 g/mol. The molecule has 0 rings (SSSR count). The van der Waals surface area contributed by atoms with Crippen molar-refractivity contribution in [2.24, 2.45) is 0 Å². The maximum Gasteiger partial charge on any atom is 0.145 e. The molecule has 0 aliphatic carbocycles. The third-order valence-electron chi connectivity index (χ3n) is 2.80. The number of aldehydes is 1. The first-order valence-corrected chi connectivity index (χ1v) is 6.55. The smallest absolute Gasteiger partial charge is 0.145 e. The molecule has 16 heavy (non-hydrogen) atoms. The van der Waals surface area contributed by atoms with E-state index in [1.54, 1.807) is 0 Å². The van der Waals surface area contributed by atoms with Gasteiger partial charge in [0, 0.05) is 0 Å². The van der Waals surface area contributed by atoms with Crippen LogP contribution in [-0.2, 0) is 4.79 Å². The maximum atomic E-state index is 10.9. The van der Waals surface area contributed by atoms with Gasteiger partial charge in [0.05, 0.1) is 0 Å². The van der Waals surface area contributed by atoms with Crippen molar-refractivity contribution in [3.05, 3.63) is 23.3 Å². The van der Waals surface area contributed by atoms with Crippen molar-refractivity contribution < 1.29 is 4.79 Å². The number of hydrogen-bond acceptors (Lipinski definition) is 1. The number of rotatable bonds is 9. The van der Waals surface area contributed by atoms with E-state index in [9.17, 15) is 4.79 Å². The Morgan fingerprint density at radius 3 is 2.25 bits per heavy atom. The van der Waals surface area contributed by atoms with Crippen LogP contribution >= 0.6 is 0 Å². The van der Waals surface area contributed by atoms with E-state index in [0.29, 0.717) is 0 Å². The van der Waals surface area contributed by atoms with Gasteiger partial charge in [-0.2, -0.15) is 0 Å². The molecule has 0 bridgehead atoms. The minimum Gasteiger partial charge on any atom is -0.298 e. The third-order valence-corrected chi connectivity index (χ3v) is 2.80. The second-order valence-corrected chi connectivity index (χ2v) is 4.33. The van der Waals surface area contributed by atoms with Crippen LogP contribution in [0.5, 0.6) is 0 Å². The predicted octanol–water partition coefficient (Wildman–Crippen LogP) is 4.83. The lowest BCUT2D eigenvalue weighted by molar-refractivity contribution is -0.105. The Morgan fingerprint density at radius 2 is 1.69 bits per heavy atom. The van der Waals surface area contributed by atoms with E-state index in [2.05, 4.69) is 32.9 Å². The summed E-state index contributed by atoms with van der Waals surface area (Å²) in [6.45, 7) is 6.45. The summed E-state index contributed by atoms with van der Waals surface area (Å²) in [5, 5.41) is 0. The Bertz CT molecular complexity index is 236. The first kappa shape index (κ1) is 15.2. The Kier molecular flexibility index (Phi) is 10.1. The predicted molar refractivity (Wildman–Crippen MR) is 71.6 cm³/mol. The Hall–Kier alpha value is -0.850. The van der Waals surface area contributed by atoms with Crippen LogP contribution in [0, 0.1) is 0 Å². The van der Waals surface area contributed by atoms with Crippen LogP contribution in [0.1, 0.15) is 65.7 Å². The van der Waals surface area contributed by atoms with E-state index < -0.39 is 0 Å². The van der Waals surface area contributed by atoms with Crippen LogP contribution < -0.4 is 0 Å². The summed E-state index contributed by atoms with van der Waals surface area (Å²) in [5.74, 6) is 0.